The first-order valence-electron chi connectivity index (χ1n) is 3.93. The van der Waals surface area contributed by atoms with Crippen LogP contribution in [-0.4, -0.2) is 9.97 Å². The molecule has 0 amide bonds. The Morgan fingerprint density at radius 1 is 0.667 bits per heavy atom. The largest absolute Gasteiger partial charge is 0.457 e. The normalized spacial score (nSPS) is 8.27. The molecule has 3 nitrogen and oxygen atoms in total. The fourth-order valence-electron chi connectivity index (χ4n) is 0.949. The summed E-state index contributed by atoms with van der Waals surface area (Å²) in [7, 11) is 0. The van der Waals surface area contributed by atoms with Gasteiger partial charge in [0, 0.05) is 24.8 Å². The van der Waals surface area contributed by atoms with E-state index in [1.165, 1.54) is 0 Å². The van der Waals surface area contributed by atoms with Gasteiger partial charge in [-0.15, -0.1) is 24.8 Å². The third-order valence-corrected chi connectivity index (χ3v) is 1.54. The first-order chi connectivity index (χ1) is 6.45. The molecule has 0 unspecified atom stereocenters. The molecule has 0 bridgehead atoms. The highest BCUT2D eigenvalue weighted by Gasteiger charge is 1.93. The lowest BCUT2D eigenvalue weighted by Crippen LogP contribution is -1.83. The minimum absolute atomic E-state index is 0. The highest BCUT2D eigenvalue weighted by molar-refractivity contribution is 5.85. The van der Waals surface area contributed by atoms with Gasteiger partial charge in [-0.1, -0.05) is 0 Å². The lowest BCUT2D eigenvalue weighted by Gasteiger charge is -2.02. The molecule has 2 aromatic heterocycles. The second kappa shape index (κ2) is 7.04. The molecule has 0 atom stereocenters. The highest BCUT2D eigenvalue weighted by atomic mass is 35.5. The summed E-state index contributed by atoms with van der Waals surface area (Å²) < 4.78 is 5.50. The number of rotatable bonds is 2. The van der Waals surface area contributed by atoms with E-state index in [0.717, 1.165) is 11.5 Å². The average Bonchev–Trinajstić information content (AvgIpc) is 2.21. The van der Waals surface area contributed by atoms with Crippen LogP contribution in [0.15, 0.2) is 49.1 Å². The summed E-state index contributed by atoms with van der Waals surface area (Å²) in [5.41, 5.74) is 0. The molecular weight excluding hydrogens is 235 g/mol. The summed E-state index contributed by atoms with van der Waals surface area (Å²) in [4.78, 5) is 7.79. The molecule has 0 saturated heterocycles. The van der Waals surface area contributed by atoms with E-state index in [0.29, 0.717) is 0 Å². The predicted molar refractivity (Wildman–Crippen MR) is 63.0 cm³/mol. The molecule has 0 radical (unpaired) electrons. The van der Waals surface area contributed by atoms with Crippen LogP contribution in [0.1, 0.15) is 0 Å². The van der Waals surface area contributed by atoms with Gasteiger partial charge in [-0.25, -0.2) is 0 Å². The van der Waals surface area contributed by atoms with Crippen LogP contribution in [0.3, 0.4) is 0 Å². The number of hydrogen-bond donors (Lipinski definition) is 0. The van der Waals surface area contributed by atoms with Crippen LogP contribution in [0.2, 0.25) is 0 Å². The number of nitrogens with zero attached hydrogens (tertiary/aromatic N) is 2. The van der Waals surface area contributed by atoms with Gasteiger partial charge in [0.1, 0.15) is 11.5 Å². The number of ether oxygens (including phenoxy) is 1. The minimum atomic E-state index is 0. The number of aromatic nitrogens is 2. The molecule has 0 spiro atoms. The molecule has 80 valence electrons. The van der Waals surface area contributed by atoms with Crippen molar-refractivity contribution in [3.05, 3.63) is 49.1 Å². The van der Waals surface area contributed by atoms with Crippen LogP contribution < -0.4 is 4.74 Å². The van der Waals surface area contributed by atoms with Crippen LogP contribution in [-0.2, 0) is 0 Å². The van der Waals surface area contributed by atoms with Gasteiger partial charge in [0.25, 0.3) is 0 Å². The molecule has 0 aliphatic carbocycles. The molecule has 15 heavy (non-hydrogen) atoms. The Kier molecular flexibility index (Phi) is 6.42. The van der Waals surface area contributed by atoms with E-state index in [1.807, 2.05) is 0 Å². The second-order valence-electron chi connectivity index (χ2n) is 2.47. The van der Waals surface area contributed by atoms with Crippen LogP contribution in [0, 0.1) is 0 Å². The van der Waals surface area contributed by atoms with Gasteiger partial charge >= 0.3 is 0 Å². The SMILES string of the molecule is Cl.Cl.c1cc(Oc2ccncc2)ccn1. The number of hydrogen-bond acceptors (Lipinski definition) is 3. The maximum atomic E-state index is 5.50. The predicted octanol–water partition coefficient (Wildman–Crippen LogP) is 3.11. The van der Waals surface area contributed by atoms with Crippen LogP contribution in [0.4, 0.5) is 0 Å². The summed E-state index contributed by atoms with van der Waals surface area (Å²) in [6.07, 6.45) is 6.76. The van der Waals surface area contributed by atoms with E-state index in [-0.39, 0.29) is 24.8 Å². The Morgan fingerprint density at radius 2 is 1.00 bits per heavy atom. The minimum Gasteiger partial charge on any atom is -0.457 e. The van der Waals surface area contributed by atoms with Crippen molar-refractivity contribution in [2.75, 3.05) is 0 Å². The van der Waals surface area contributed by atoms with Gasteiger partial charge in [-0.05, 0) is 24.3 Å². The zero-order chi connectivity index (χ0) is 8.93. The summed E-state index contributed by atoms with van der Waals surface area (Å²) in [5, 5.41) is 0. The third-order valence-electron chi connectivity index (χ3n) is 1.54. The third kappa shape index (κ3) is 4.14. The van der Waals surface area contributed by atoms with Crippen molar-refractivity contribution >= 4 is 24.8 Å². The quantitative estimate of drug-likeness (QED) is 0.815. The first-order valence-corrected chi connectivity index (χ1v) is 3.93. The average molecular weight is 245 g/mol. The fourth-order valence-corrected chi connectivity index (χ4v) is 0.949. The molecule has 0 saturated carbocycles. The Hall–Kier alpha value is -1.32. The van der Waals surface area contributed by atoms with Gasteiger partial charge in [-0.2, -0.15) is 0 Å². The zero-order valence-corrected chi connectivity index (χ0v) is 9.37. The first kappa shape index (κ1) is 13.7. The van der Waals surface area contributed by atoms with E-state index in [1.54, 1.807) is 49.1 Å². The Labute approximate surface area is 100 Å². The monoisotopic (exact) mass is 244 g/mol. The summed E-state index contributed by atoms with van der Waals surface area (Å²) in [6, 6.07) is 7.22. The Balaban J connectivity index is 0.000000980. The van der Waals surface area contributed by atoms with Crippen molar-refractivity contribution in [3.63, 3.8) is 0 Å². The standard InChI is InChI=1S/C10H8N2O.2ClH/c1-5-11-6-2-9(1)13-10-3-7-12-8-4-10;;/h1-8H;2*1H. The molecule has 2 heterocycles. The maximum Gasteiger partial charge on any atom is 0.130 e. The van der Waals surface area contributed by atoms with Crippen molar-refractivity contribution in [1.29, 1.82) is 0 Å². The van der Waals surface area contributed by atoms with E-state index in [9.17, 15) is 0 Å². The molecule has 0 aliphatic rings. The highest BCUT2D eigenvalue weighted by Crippen LogP contribution is 2.18. The van der Waals surface area contributed by atoms with Crippen LogP contribution >= 0.6 is 24.8 Å². The molecule has 2 rings (SSSR count). The lowest BCUT2D eigenvalue weighted by molar-refractivity contribution is 0.481. The fraction of sp³-hybridized carbons (Fsp3) is 0. The zero-order valence-electron chi connectivity index (χ0n) is 7.74. The van der Waals surface area contributed by atoms with E-state index in [2.05, 4.69) is 9.97 Å². The summed E-state index contributed by atoms with van der Waals surface area (Å²) in [5.74, 6) is 1.56. The van der Waals surface area contributed by atoms with Crippen molar-refractivity contribution in [2.45, 2.75) is 0 Å². The Bertz CT molecular complexity index is 332. The summed E-state index contributed by atoms with van der Waals surface area (Å²) >= 11 is 0. The lowest BCUT2D eigenvalue weighted by atomic mass is 10.4. The summed E-state index contributed by atoms with van der Waals surface area (Å²) in [6.45, 7) is 0. The van der Waals surface area contributed by atoms with E-state index >= 15 is 0 Å². The van der Waals surface area contributed by atoms with Crippen LogP contribution in [0.5, 0.6) is 11.5 Å². The van der Waals surface area contributed by atoms with E-state index < -0.39 is 0 Å². The molecular formula is C10H10Cl2N2O. The number of halogens is 2. The van der Waals surface area contributed by atoms with Gasteiger partial charge in [-0.3, -0.25) is 9.97 Å². The van der Waals surface area contributed by atoms with Crippen molar-refractivity contribution in [1.82, 2.24) is 9.97 Å². The topological polar surface area (TPSA) is 35.0 Å². The van der Waals surface area contributed by atoms with Crippen molar-refractivity contribution < 1.29 is 4.74 Å². The molecule has 0 fully saturated rings. The molecule has 5 heteroatoms. The molecule has 0 N–H and O–H groups in total. The van der Waals surface area contributed by atoms with Gasteiger partial charge in [0.15, 0.2) is 0 Å². The van der Waals surface area contributed by atoms with E-state index in [4.69, 9.17) is 4.74 Å². The molecule has 0 aliphatic heterocycles. The van der Waals surface area contributed by atoms with Crippen LogP contribution in [0.25, 0.3) is 0 Å². The smallest absolute Gasteiger partial charge is 0.130 e. The van der Waals surface area contributed by atoms with Crippen molar-refractivity contribution in [3.8, 4) is 11.5 Å². The molecule has 2 aromatic rings. The number of pyridine rings is 2. The maximum absolute atomic E-state index is 5.50. The second-order valence-corrected chi connectivity index (χ2v) is 2.47. The molecule has 0 aromatic carbocycles. The van der Waals surface area contributed by atoms with Gasteiger partial charge < -0.3 is 4.74 Å². The van der Waals surface area contributed by atoms with Crippen molar-refractivity contribution in [2.24, 2.45) is 0 Å². The van der Waals surface area contributed by atoms with Gasteiger partial charge in [0.2, 0.25) is 0 Å². The van der Waals surface area contributed by atoms with Gasteiger partial charge in [0.05, 0.1) is 0 Å². The Morgan fingerprint density at radius 3 is 1.33 bits per heavy atom.